The molecule has 2 heterocycles. The molecule has 0 unspecified atom stereocenters. The van der Waals surface area contributed by atoms with Gasteiger partial charge in [-0.1, -0.05) is 169 Å². The Morgan fingerprint density at radius 2 is 0.611 bits per heavy atom. The van der Waals surface area contributed by atoms with Gasteiger partial charge in [0.15, 0.2) is 0 Å². The molecule has 0 spiro atoms. The molecule has 0 atom stereocenters. The van der Waals surface area contributed by atoms with E-state index in [2.05, 4.69) is 27.7 Å². The molecule has 0 aromatic carbocycles. The second-order valence-electron chi connectivity index (χ2n) is 10.6. The highest BCUT2D eigenvalue weighted by Crippen LogP contribution is 2.12. The molecular formula is C32H68O2Si2. The lowest BCUT2D eigenvalue weighted by Crippen LogP contribution is -2.06. The van der Waals surface area contributed by atoms with Crippen molar-refractivity contribution in [2.75, 3.05) is 13.2 Å². The Hall–Kier alpha value is 0.354. The van der Waals surface area contributed by atoms with Gasteiger partial charge in [-0.3, -0.25) is 0 Å². The minimum Gasteiger partial charge on any atom is -0.417 e. The Labute approximate surface area is 235 Å². The standard InChI is InChI=1S/C16H34.C8H18.2C4H8OSi/c1-3-5-7-9-11-13-15-16-14-12-10-8-6-4-2;1-3-5-7-8-6-4-2;2*1-2-4-6-5-3-1/h3-16H2,1-2H3;3-8H2,1-2H3;2*1-4H2. The van der Waals surface area contributed by atoms with Crippen LogP contribution < -0.4 is 0 Å². The van der Waals surface area contributed by atoms with Crippen molar-refractivity contribution in [2.45, 2.75) is 194 Å². The lowest BCUT2D eigenvalue weighted by Gasteiger charge is -2.06. The summed E-state index contributed by atoms with van der Waals surface area (Å²) in [6.07, 6.45) is 34.3. The van der Waals surface area contributed by atoms with Gasteiger partial charge in [0.25, 0.3) is 0 Å². The van der Waals surface area contributed by atoms with Crippen LogP contribution in [0.3, 0.4) is 0 Å². The van der Waals surface area contributed by atoms with Gasteiger partial charge in [-0.2, -0.15) is 0 Å². The average molecular weight is 541 g/mol. The molecule has 0 aromatic rings. The molecule has 36 heavy (non-hydrogen) atoms. The maximum atomic E-state index is 5.10. The summed E-state index contributed by atoms with van der Waals surface area (Å²) in [5, 5.41) is 0. The molecule has 2 rings (SSSR count). The second-order valence-corrected chi connectivity index (χ2v) is 12.7. The Kier molecular flexibility index (Phi) is 42.6. The first-order valence-electron chi connectivity index (χ1n) is 16.5. The number of unbranched alkanes of at least 4 members (excludes halogenated alkanes) is 18. The topological polar surface area (TPSA) is 18.5 Å². The van der Waals surface area contributed by atoms with Crippen LogP contribution in [0.2, 0.25) is 12.1 Å². The third-order valence-electron chi connectivity index (χ3n) is 6.67. The first-order valence-corrected chi connectivity index (χ1v) is 18.8. The van der Waals surface area contributed by atoms with Crippen LogP contribution in [0, 0.1) is 0 Å². The molecule has 216 valence electrons. The number of hydrogen-bond donors (Lipinski definition) is 0. The van der Waals surface area contributed by atoms with E-state index < -0.39 is 0 Å². The molecule has 4 heteroatoms. The van der Waals surface area contributed by atoms with Gasteiger partial charge in [0.05, 0.1) is 0 Å². The molecule has 0 aliphatic carbocycles. The zero-order chi connectivity index (χ0) is 26.6. The fraction of sp³-hybridized carbons (Fsp3) is 1.00. The lowest BCUT2D eigenvalue weighted by molar-refractivity contribution is 0.304. The summed E-state index contributed by atoms with van der Waals surface area (Å²) in [6, 6.07) is 2.61. The van der Waals surface area contributed by atoms with E-state index in [4.69, 9.17) is 8.85 Å². The highest BCUT2D eigenvalue weighted by atomic mass is 28.2. The lowest BCUT2D eigenvalue weighted by atomic mass is 10.0. The van der Waals surface area contributed by atoms with Gasteiger partial charge >= 0.3 is 0 Å². The van der Waals surface area contributed by atoms with E-state index in [1.807, 2.05) is 0 Å². The van der Waals surface area contributed by atoms with Gasteiger partial charge in [-0.15, -0.1) is 0 Å². The van der Waals surface area contributed by atoms with E-state index in [0.717, 1.165) is 32.7 Å². The molecule has 0 N–H and O–H groups in total. The molecule has 0 bridgehead atoms. The van der Waals surface area contributed by atoms with Crippen molar-refractivity contribution >= 4 is 19.5 Å². The quantitative estimate of drug-likeness (QED) is 0.127. The van der Waals surface area contributed by atoms with E-state index in [1.165, 1.54) is 166 Å². The van der Waals surface area contributed by atoms with Gasteiger partial charge in [0, 0.05) is 13.2 Å². The third kappa shape index (κ3) is 41.5. The number of rotatable bonds is 18. The van der Waals surface area contributed by atoms with Crippen LogP contribution in [0.1, 0.15) is 182 Å². The monoisotopic (exact) mass is 540 g/mol. The van der Waals surface area contributed by atoms with Gasteiger partial charge in [0.2, 0.25) is 19.5 Å². The van der Waals surface area contributed by atoms with Crippen LogP contribution in [-0.4, -0.2) is 32.7 Å². The Balaban J connectivity index is 0. The normalized spacial score (nSPS) is 15.0. The molecular weight excluding hydrogens is 473 g/mol. The van der Waals surface area contributed by atoms with E-state index in [0.29, 0.717) is 0 Å². The van der Waals surface area contributed by atoms with Crippen LogP contribution in [-0.2, 0) is 8.85 Å². The molecule has 2 aliphatic heterocycles. The summed E-state index contributed by atoms with van der Waals surface area (Å²) in [6.45, 7) is 11.1. The fourth-order valence-electron chi connectivity index (χ4n) is 4.15. The largest absolute Gasteiger partial charge is 0.417 e. The highest BCUT2D eigenvalue weighted by Gasteiger charge is 1.98. The van der Waals surface area contributed by atoms with Crippen molar-refractivity contribution in [1.82, 2.24) is 0 Å². The minimum absolute atomic E-state index is 0.802. The average Bonchev–Trinajstić information content (AvgIpc) is 2.95. The summed E-state index contributed by atoms with van der Waals surface area (Å²) in [5.74, 6) is 0. The first-order chi connectivity index (χ1) is 17.8. The Morgan fingerprint density at radius 1 is 0.361 bits per heavy atom. The smallest absolute Gasteiger partial charge is 0.229 e. The zero-order valence-corrected chi connectivity index (χ0v) is 27.6. The third-order valence-corrected chi connectivity index (χ3v) is 8.60. The molecule has 0 aromatic heterocycles. The van der Waals surface area contributed by atoms with Gasteiger partial charge < -0.3 is 8.85 Å². The minimum atomic E-state index is 0.802. The van der Waals surface area contributed by atoms with E-state index in [-0.39, 0.29) is 0 Å². The van der Waals surface area contributed by atoms with Crippen LogP contribution in [0.15, 0.2) is 0 Å². The molecule has 2 fully saturated rings. The van der Waals surface area contributed by atoms with Crippen LogP contribution in [0.25, 0.3) is 0 Å². The van der Waals surface area contributed by atoms with Crippen molar-refractivity contribution in [1.29, 1.82) is 0 Å². The van der Waals surface area contributed by atoms with Gasteiger partial charge in [0.1, 0.15) is 0 Å². The fourth-order valence-corrected chi connectivity index (χ4v) is 5.81. The molecule has 0 saturated carbocycles. The van der Waals surface area contributed by atoms with Crippen molar-refractivity contribution in [3.63, 3.8) is 0 Å². The molecule has 2 nitrogen and oxygen atoms in total. The van der Waals surface area contributed by atoms with E-state index >= 15 is 0 Å². The summed E-state index contributed by atoms with van der Waals surface area (Å²) in [4.78, 5) is 0. The van der Waals surface area contributed by atoms with Gasteiger partial charge in [-0.05, 0) is 24.9 Å². The predicted molar refractivity (Wildman–Crippen MR) is 167 cm³/mol. The SMILES string of the molecule is C1CC[Si]OC1.C1CC[Si]OC1.CCCCCCCC.CCCCCCCCCCCCCCCC. The Bertz CT molecular complexity index is 279. The highest BCUT2D eigenvalue weighted by molar-refractivity contribution is 6.27. The van der Waals surface area contributed by atoms with Crippen molar-refractivity contribution in [3.05, 3.63) is 0 Å². The summed E-state index contributed by atoms with van der Waals surface area (Å²) >= 11 is 0. The van der Waals surface area contributed by atoms with Crippen LogP contribution in [0.4, 0.5) is 0 Å². The van der Waals surface area contributed by atoms with Crippen LogP contribution in [0.5, 0.6) is 0 Å². The molecule has 2 saturated heterocycles. The molecule has 2 aliphatic rings. The van der Waals surface area contributed by atoms with Crippen molar-refractivity contribution < 1.29 is 8.85 Å². The summed E-state index contributed by atoms with van der Waals surface area (Å²) < 4.78 is 10.2. The van der Waals surface area contributed by atoms with Crippen molar-refractivity contribution in [3.8, 4) is 0 Å². The zero-order valence-electron chi connectivity index (χ0n) is 25.6. The second kappa shape index (κ2) is 39.9. The first kappa shape index (κ1) is 38.5. The number of hydrogen-bond acceptors (Lipinski definition) is 2. The summed E-state index contributed by atoms with van der Waals surface area (Å²) in [5.41, 5.74) is 0. The van der Waals surface area contributed by atoms with Crippen LogP contribution >= 0.6 is 0 Å². The van der Waals surface area contributed by atoms with Gasteiger partial charge in [-0.25, -0.2) is 0 Å². The maximum absolute atomic E-state index is 5.10. The molecule has 0 amide bonds. The van der Waals surface area contributed by atoms with E-state index in [1.54, 1.807) is 0 Å². The summed E-state index contributed by atoms with van der Waals surface area (Å²) in [7, 11) is 1.60. The Morgan fingerprint density at radius 3 is 0.722 bits per heavy atom. The maximum Gasteiger partial charge on any atom is 0.229 e. The van der Waals surface area contributed by atoms with Crippen molar-refractivity contribution in [2.24, 2.45) is 0 Å². The van der Waals surface area contributed by atoms with E-state index in [9.17, 15) is 0 Å². The predicted octanol–water partition coefficient (Wildman–Crippen LogP) is 11.5. The molecule has 4 radical (unpaired) electrons.